The number of nitrogens with one attached hydrogen (secondary N) is 1. The third-order valence-corrected chi connectivity index (χ3v) is 8.03. The highest BCUT2D eigenvalue weighted by molar-refractivity contribution is 5.95. The SMILES string of the molecule is COc1cc(F)c(-c2ccc(C(=O)NN)cc2C)cc1-c1ccc(C(F)(F)F)cc1CC1=NO[C@H](c2cc(C(F)(F)F)cc(C(F)(F)F)c2)C1. The summed E-state index contributed by atoms with van der Waals surface area (Å²) in [7, 11) is 1.22. The van der Waals surface area contributed by atoms with Crippen LogP contribution in [0.25, 0.3) is 22.3 Å². The molecule has 4 aromatic carbocycles. The summed E-state index contributed by atoms with van der Waals surface area (Å²) in [6.45, 7) is 1.60. The standard InChI is InChI=1S/C34H25F10N3O3/c1-16-7-17(31(48)46-45)3-5-24(16)26-14-27(30(49-2)15-28(26)35)25-6-4-20(32(36,37)38)8-18(25)11-23-13-29(50-47-23)19-9-21(33(39,40)41)12-22(10-19)34(42,43)44/h3-10,12,14-15,29H,11,13,45H2,1-2H3,(H,46,48)/t29-/m0/s1. The summed E-state index contributed by atoms with van der Waals surface area (Å²) in [5.41, 5.74) is -1.41. The lowest BCUT2D eigenvalue weighted by Crippen LogP contribution is -2.29. The molecule has 6 nitrogen and oxygen atoms in total. The minimum atomic E-state index is -5.11. The number of aryl methyl sites for hydroxylation is 1. The van der Waals surface area contributed by atoms with E-state index < -0.39 is 58.6 Å². The molecule has 0 unspecified atom stereocenters. The van der Waals surface area contributed by atoms with Crippen LogP contribution < -0.4 is 16.0 Å². The van der Waals surface area contributed by atoms with Crippen molar-refractivity contribution in [3.8, 4) is 28.0 Å². The number of rotatable bonds is 7. The molecule has 0 spiro atoms. The number of methoxy groups -OCH3 is 1. The van der Waals surface area contributed by atoms with Gasteiger partial charge in [-0.15, -0.1) is 0 Å². The number of nitrogens with zero attached hydrogens (tertiary/aromatic N) is 1. The van der Waals surface area contributed by atoms with Crippen molar-refractivity contribution >= 4 is 11.6 Å². The fourth-order valence-electron chi connectivity index (χ4n) is 5.60. The van der Waals surface area contributed by atoms with E-state index in [4.69, 9.17) is 15.4 Å². The van der Waals surface area contributed by atoms with Crippen LogP contribution >= 0.6 is 0 Å². The number of oxime groups is 1. The highest BCUT2D eigenvalue weighted by atomic mass is 19.4. The summed E-state index contributed by atoms with van der Waals surface area (Å²) in [5.74, 6) is 3.78. The van der Waals surface area contributed by atoms with Crippen molar-refractivity contribution in [2.24, 2.45) is 11.0 Å². The Labute approximate surface area is 277 Å². The van der Waals surface area contributed by atoms with Gasteiger partial charge in [-0.05, 0) is 83.3 Å². The molecule has 0 bridgehead atoms. The lowest BCUT2D eigenvalue weighted by molar-refractivity contribution is -0.143. The van der Waals surface area contributed by atoms with Gasteiger partial charge in [-0.25, -0.2) is 10.2 Å². The molecule has 0 aliphatic carbocycles. The van der Waals surface area contributed by atoms with E-state index >= 15 is 4.39 Å². The summed E-state index contributed by atoms with van der Waals surface area (Å²) in [6, 6.07) is 10.4. The molecule has 1 amide bonds. The Balaban J connectivity index is 1.56. The smallest absolute Gasteiger partial charge is 0.416 e. The number of hydrogen-bond acceptors (Lipinski definition) is 5. The number of amides is 1. The monoisotopic (exact) mass is 713 g/mol. The van der Waals surface area contributed by atoms with Gasteiger partial charge in [0.2, 0.25) is 0 Å². The molecule has 4 aromatic rings. The molecule has 0 fully saturated rings. The van der Waals surface area contributed by atoms with Crippen molar-refractivity contribution < 1.29 is 58.3 Å². The number of carbonyl (C=O) groups excluding carboxylic acids is 1. The molecular weight excluding hydrogens is 688 g/mol. The molecule has 1 atom stereocenters. The second kappa shape index (κ2) is 13.3. The third kappa shape index (κ3) is 7.54. The van der Waals surface area contributed by atoms with Gasteiger partial charge in [0.1, 0.15) is 11.6 Å². The minimum absolute atomic E-state index is 0.00970. The Morgan fingerprint density at radius 3 is 2.00 bits per heavy atom. The van der Waals surface area contributed by atoms with Crippen molar-refractivity contribution in [2.75, 3.05) is 7.11 Å². The van der Waals surface area contributed by atoms with E-state index in [0.717, 1.165) is 24.3 Å². The van der Waals surface area contributed by atoms with Crippen LogP contribution in [0.2, 0.25) is 0 Å². The summed E-state index contributed by atoms with van der Waals surface area (Å²) in [5, 5.41) is 3.80. The lowest BCUT2D eigenvalue weighted by atomic mass is 9.89. The Bertz CT molecular complexity index is 1950. The van der Waals surface area contributed by atoms with Gasteiger partial charge in [-0.3, -0.25) is 10.2 Å². The Morgan fingerprint density at radius 1 is 0.820 bits per heavy atom. The van der Waals surface area contributed by atoms with E-state index in [0.29, 0.717) is 23.3 Å². The van der Waals surface area contributed by atoms with Crippen molar-refractivity contribution in [1.82, 2.24) is 5.43 Å². The van der Waals surface area contributed by atoms with E-state index in [-0.39, 0.29) is 58.2 Å². The zero-order valence-electron chi connectivity index (χ0n) is 25.9. The first-order valence-electron chi connectivity index (χ1n) is 14.5. The van der Waals surface area contributed by atoms with Gasteiger partial charge in [0.25, 0.3) is 5.91 Å². The number of ether oxygens (including phenoxy) is 1. The summed E-state index contributed by atoms with van der Waals surface area (Å²) in [4.78, 5) is 17.2. The Kier molecular flexibility index (Phi) is 9.62. The van der Waals surface area contributed by atoms with Gasteiger partial charge in [-0.2, -0.15) is 39.5 Å². The number of hydrazine groups is 1. The lowest BCUT2D eigenvalue weighted by Gasteiger charge is -2.18. The first-order chi connectivity index (χ1) is 23.3. The molecule has 5 rings (SSSR count). The van der Waals surface area contributed by atoms with E-state index in [1.807, 2.05) is 5.43 Å². The zero-order valence-corrected chi connectivity index (χ0v) is 25.9. The van der Waals surface area contributed by atoms with Crippen LogP contribution in [0.4, 0.5) is 43.9 Å². The summed E-state index contributed by atoms with van der Waals surface area (Å²) >= 11 is 0. The molecule has 1 aliphatic rings. The van der Waals surface area contributed by atoms with E-state index in [1.54, 1.807) is 6.92 Å². The maximum atomic E-state index is 15.5. The fraction of sp³-hybridized carbons (Fsp3) is 0.235. The van der Waals surface area contributed by atoms with Crippen molar-refractivity contribution in [2.45, 2.75) is 44.4 Å². The highest BCUT2D eigenvalue weighted by Crippen LogP contribution is 2.43. The minimum Gasteiger partial charge on any atom is -0.496 e. The average Bonchev–Trinajstić information content (AvgIpc) is 3.51. The highest BCUT2D eigenvalue weighted by Gasteiger charge is 2.39. The molecule has 50 heavy (non-hydrogen) atoms. The van der Waals surface area contributed by atoms with Gasteiger partial charge in [0, 0.05) is 35.6 Å². The van der Waals surface area contributed by atoms with E-state index in [9.17, 15) is 44.3 Å². The molecule has 3 N–H and O–H groups in total. The van der Waals surface area contributed by atoms with Crippen molar-refractivity contribution in [3.63, 3.8) is 0 Å². The van der Waals surface area contributed by atoms with Crippen LogP contribution in [0.5, 0.6) is 5.75 Å². The molecule has 264 valence electrons. The summed E-state index contributed by atoms with van der Waals surface area (Å²) < 4.78 is 143. The van der Waals surface area contributed by atoms with Crippen LogP contribution in [0.1, 0.15) is 56.3 Å². The van der Waals surface area contributed by atoms with Crippen LogP contribution in [0.3, 0.4) is 0 Å². The van der Waals surface area contributed by atoms with Gasteiger partial charge in [0.05, 0.1) is 29.5 Å². The molecule has 0 aromatic heterocycles. The van der Waals surface area contributed by atoms with Crippen LogP contribution in [-0.4, -0.2) is 18.7 Å². The number of halogens is 10. The maximum absolute atomic E-state index is 15.5. The fourth-order valence-corrected chi connectivity index (χ4v) is 5.60. The van der Waals surface area contributed by atoms with E-state index in [2.05, 4.69) is 5.16 Å². The van der Waals surface area contributed by atoms with Gasteiger partial charge < -0.3 is 9.57 Å². The topological polar surface area (TPSA) is 85.9 Å². The molecule has 16 heteroatoms. The van der Waals surface area contributed by atoms with Crippen LogP contribution in [0, 0.1) is 12.7 Å². The molecular formula is C34H25F10N3O3. The largest absolute Gasteiger partial charge is 0.496 e. The first-order valence-corrected chi connectivity index (χ1v) is 14.5. The molecule has 1 heterocycles. The number of alkyl halides is 9. The zero-order chi connectivity index (χ0) is 36.8. The number of carbonyl (C=O) groups is 1. The van der Waals surface area contributed by atoms with Gasteiger partial charge >= 0.3 is 18.5 Å². The number of hydrogen-bond donors (Lipinski definition) is 2. The van der Waals surface area contributed by atoms with Crippen molar-refractivity contribution in [1.29, 1.82) is 0 Å². The molecule has 1 aliphatic heterocycles. The van der Waals surface area contributed by atoms with Gasteiger partial charge in [0.15, 0.2) is 6.10 Å². The average molecular weight is 714 g/mol. The Morgan fingerprint density at radius 2 is 1.44 bits per heavy atom. The normalized spacial score (nSPS) is 15.1. The number of benzene rings is 4. The second-order valence-electron chi connectivity index (χ2n) is 11.4. The molecule has 0 radical (unpaired) electrons. The quantitative estimate of drug-likeness (QED) is 0.0866. The maximum Gasteiger partial charge on any atom is 0.416 e. The number of nitrogens with two attached hydrogens (primary N) is 1. The predicted octanol–water partition coefficient (Wildman–Crippen LogP) is 9.20. The first kappa shape index (κ1) is 36.2. The van der Waals surface area contributed by atoms with Gasteiger partial charge in [-0.1, -0.05) is 17.3 Å². The van der Waals surface area contributed by atoms with Crippen molar-refractivity contribution in [3.05, 3.63) is 111 Å². The van der Waals surface area contributed by atoms with E-state index in [1.165, 1.54) is 31.4 Å². The third-order valence-electron chi connectivity index (χ3n) is 8.03. The number of nitrogen functional groups attached to an aromatic ring is 1. The molecule has 0 saturated carbocycles. The second-order valence-corrected chi connectivity index (χ2v) is 11.4. The predicted molar refractivity (Wildman–Crippen MR) is 161 cm³/mol. The molecule has 0 saturated heterocycles. The Hall–Kier alpha value is -5.12. The van der Waals surface area contributed by atoms with Crippen LogP contribution in [-0.2, 0) is 29.8 Å². The summed E-state index contributed by atoms with van der Waals surface area (Å²) in [6.07, 6.45) is -17.2. The van der Waals surface area contributed by atoms with Crippen LogP contribution in [0.15, 0.2) is 71.9 Å².